The van der Waals surface area contributed by atoms with Crippen molar-refractivity contribution in [1.82, 2.24) is 4.90 Å². The van der Waals surface area contributed by atoms with Gasteiger partial charge in [0.25, 0.3) is 5.91 Å². The van der Waals surface area contributed by atoms with E-state index < -0.39 is 0 Å². The third-order valence-corrected chi connectivity index (χ3v) is 5.33. The van der Waals surface area contributed by atoms with Crippen LogP contribution in [0.15, 0.2) is 24.3 Å². The highest BCUT2D eigenvalue weighted by molar-refractivity contribution is 5.78. The Bertz CT molecular complexity index is 548. The van der Waals surface area contributed by atoms with Crippen LogP contribution in [0.1, 0.15) is 25.7 Å². The molecule has 0 heterocycles. The maximum Gasteiger partial charge on any atom is 0.260 e. The molecule has 1 aromatic rings. The third-order valence-electron chi connectivity index (χ3n) is 5.33. The van der Waals surface area contributed by atoms with Crippen LogP contribution in [0.2, 0.25) is 0 Å². The summed E-state index contributed by atoms with van der Waals surface area (Å²) < 4.78 is 10.9. The number of ether oxygens (including phenoxy) is 2. The standard InChI is InChI=1S/C18H25NO4/c1-19(14-7-12-9-15(20)10-13(12)8-14)18(21)11-23-17-6-4-3-5-16(17)22-2/h3-6,12-15,20H,7-11H2,1-2H3/t12-,13+,14?,15?. The number of methoxy groups -OCH3 is 1. The summed E-state index contributed by atoms with van der Waals surface area (Å²) >= 11 is 0. The normalized spacial score (nSPS) is 29.2. The van der Waals surface area contributed by atoms with E-state index in [-0.39, 0.29) is 24.7 Å². The van der Waals surface area contributed by atoms with Crippen LogP contribution in [0.4, 0.5) is 0 Å². The second kappa shape index (κ2) is 6.79. The first-order valence-corrected chi connectivity index (χ1v) is 8.28. The van der Waals surface area contributed by atoms with E-state index in [1.807, 2.05) is 30.1 Å². The molecule has 4 atom stereocenters. The summed E-state index contributed by atoms with van der Waals surface area (Å²) in [6, 6.07) is 7.60. The van der Waals surface area contributed by atoms with Gasteiger partial charge in [-0.15, -0.1) is 0 Å². The second-order valence-corrected chi connectivity index (χ2v) is 6.71. The fourth-order valence-electron chi connectivity index (χ4n) is 4.05. The van der Waals surface area contributed by atoms with E-state index in [0.717, 1.165) is 25.7 Å². The average Bonchev–Trinajstić information content (AvgIpc) is 3.09. The van der Waals surface area contributed by atoms with Gasteiger partial charge in [-0.25, -0.2) is 0 Å². The lowest BCUT2D eigenvalue weighted by Gasteiger charge is -2.25. The highest BCUT2D eigenvalue weighted by Crippen LogP contribution is 2.45. The van der Waals surface area contributed by atoms with Gasteiger partial charge < -0.3 is 19.5 Å². The highest BCUT2D eigenvalue weighted by atomic mass is 16.5. The monoisotopic (exact) mass is 319 g/mol. The topological polar surface area (TPSA) is 59.0 Å². The van der Waals surface area contributed by atoms with Gasteiger partial charge in [0, 0.05) is 13.1 Å². The number of aliphatic hydroxyl groups is 1. The largest absolute Gasteiger partial charge is 0.493 e. The number of amides is 1. The van der Waals surface area contributed by atoms with Crippen molar-refractivity contribution in [2.45, 2.75) is 37.8 Å². The van der Waals surface area contributed by atoms with Gasteiger partial charge in [0.1, 0.15) is 0 Å². The van der Waals surface area contributed by atoms with E-state index in [9.17, 15) is 9.90 Å². The molecular weight excluding hydrogens is 294 g/mol. The number of carbonyl (C=O) groups is 1. The Morgan fingerprint density at radius 1 is 1.17 bits per heavy atom. The van der Waals surface area contributed by atoms with Gasteiger partial charge in [0.2, 0.25) is 0 Å². The van der Waals surface area contributed by atoms with Crippen LogP contribution >= 0.6 is 0 Å². The van der Waals surface area contributed by atoms with E-state index in [4.69, 9.17) is 9.47 Å². The molecule has 1 aromatic carbocycles. The van der Waals surface area contributed by atoms with Crippen molar-refractivity contribution in [3.8, 4) is 11.5 Å². The third kappa shape index (κ3) is 3.44. The van der Waals surface area contributed by atoms with Crippen LogP contribution in [0.5, 0.6) is 11.5 Å². The molecular formula is C18H25NO4. The molecule has 2 unspecified atom stereocenters. The Labute approximate surface area is 137 Å². The number of aliphatic hydroxyl groups excluding tert-OH is 1. The molecule has 3 rings (SSSR count). The zero-order valence-corrected chi connectivity index (χ0v) is 13.8. The van der Waals surface area contributed by atoms with Crippen molar-refractivity contribution in [2.24, 2.45) is 11.8 Å². The molecule has 5 nitrogen and oxygen atoms in total. The molecule has 2 aliphatic carbocycles. The van der Waals surface area contributed by atoms with Gasteiger partial charge in [-0.1, -0.05) is 12.1 Å². The van der Waals surface area contributed by atoms with Crippen LogP contribution < -0.4 is 9.47 Å². The Hall–Kier alpha value is -1.75. The van der Waals surface area contributed by atoms with Gasteiger partial charge in [0.15, 0.2) is 18.1 Å². The SMILES string of the molecule is COc1ccccc1OCC(=O)N(C)C1C[C@H]2CC(O)C[C@H]2C1. The van der Waals surface area contributed by atoms with Crippen LogP contribution in [-0.2, 0) is 4.79 Å². The molecule has 1 amide bonds. The van der Waals surface area contributed by atoms with Crippen LogP contribution in [-0.4, -0.2) is 48.8 Å². The lowest BCUT2D eigenvalue weighted by Crippen LogP contribution is -2.39. The fourth-order valence-corrected chi connectivity index (χ4v) is 4.05. The summed E-state index contributed by atoms with van der Waals surface area (Å²) in [5.41, 5.74) is 0. The molecule has 0 aromatic heterocycles. The Morgan fingerprint density at radius 3 is 2.39 bits per heavy atom. The molecule has 0 radical (unpaired) electrons. The summed E-state index contributed by atoms with van der Waals surface area (Å²) in [6.45, 7) is 0.0192. The molecule has 2 saturated carbocycles. The number of fused-ring (bicyclic) bond motifs is 1. The van der Waals surface area contributed by atoms with Gasteiger partial charge in [-0.2, -0.15) is 0 Å². The molecule has 23 heavy (non-hydrogen) atoms. The van der Waals surface area contributed by atoms with Gasteiger partial charge in [-0.3, -0.25) is 4.79 Å². The molecule has 0 aliphatic heterocycles. The maximum atomic E-state index is 12.4. The molecule has 2 aliphatic rings. The molecule has 0 spiro atoms. The number of hydrogen-bond acceptors (Lipinski definition) is 4. The lowest BCUT2D eigenvalue weighted by atomic mass is 10.0. The number of para-hydroxylation sites is 2. The summed E-state index contributed by atoms with van der Waals surface area (Å²) in [7, 11) is 3.44. The second-order valence-electron chi connectivity index (χ2n) is 6.71. The van der Waals surface area contributed by atoms with Crippen molar-refractivity contribution in [2.75, 3.05) is 20.8 Å². The van der Waals surface area contributed by atoms with Crippen molar-refractivity contribution in [1.29, 1.82) is 0 Å². The summed E-state index contributed by atoms with van der Waals surface area (Å²) in [4.78, 5) is 14.2. The smallest absolute Gasteiger partial charge is 0.260 e. The van der Waals surface area contributed by atoms with E-state index in [1.165, 1.54) is 0 Å². The van der Waals surface area contributed by atoms with Crippen molar-refractivity contribution in [3.63, 3.8) is 0 Å². The minimum atomic E-state index is -0.138. The summed E-state index contributed by atoms with van der Waals surface area (Å²) in [5.74, 6) is 2.35. The van der Waals surface area contributed by atoms with E-state index >= 15 is 0 Å². The first-order valence-electron chi connectivity index (χ1n) is 8.28. The van der Waals surface area contributed by atoms with Crippen molar-refractivity contribution in [3.05, 3.63) is 24.3 Å². The maximum absolute atomic E-state index is 12.4. The average molecular weight is 319 g/mol. The zero-order valence-electron chi connectivity index (χ0n) is 13.8. The van der Waals surface area contributed by atoms with Crippen LogP contribution in [0.25, 0.3) is 0 Å². The van der Waals surface area contributed by atoms with Gasteiger partial charge in [0.05, 0.1) is 13.2 Å². The van der Waals surface area contributed by atoms with E-state index in [0.29, 0.717) is 23.3 Å². The van der Waals surface area contributed by atoms with Gasteiger partial charge in [-0.05, 0) is 49.7 Å². The number of benzene rings is 1. The molecule has 126 valence electrons. The highest BCUT2D eigenvalue weighted by Gasteiger charge is 2.43. The summed E-state index contributed by atoms with van der Waals surface area (Å²) in [5, 5.41) is 9.72. The Balaban J connectivity index is 1.52. The Kier molecular flexibility index (Phi) is 4.76. The summed E-state index contributed by atoms with van der Waals surface area (Å²) in [6.07, 6.45) is 3.64. The molecule has 0 saturated heterocycles. The predicted molar refractivity (Wildman–Crippen MR) is 86.5 cm³/mol. The van der Waals surface area contributed by atoms with Crippen molar-refractivity contribution < 1.29 is 19.4 Å². The van der Waals surface area contributed by atoms with Crippen molar-refractivity contribution >= 4 is 5.91 Å². The predicted octanol–water partition coefficient (Wildman–Crippen LogP) is 2.08. The Morgan fingerprint density at radius 2 is 1.78 bits per heavy atom. The number of likely N-dealkylation sites (N-methyl/N-ethyl adjacent to an activating group) is 1. The zero-order chi connectivity index (χ0) is 16.4. The molecule has 1 N–H and O–H groups in total. The minimum absolute atomic E-state index is 0.0126. The van der Waals surface area contributed by atoms with E-state index in [1.54, 1.807) is 13.2 Å². The van der Waals surface area contributed by atoms with Crippen LogP contribution in [0, 0.1) is 11.8 Å². The first-order chi connectivity index (χ1) is 11.1. The lowest BCUT2D eigenvalue weighted by molar-refractivity contribution is -0.134. The van der Waals surface area contributed by atoms with E-state index in [2.05, 4.69) is 0 Å². The van der Waals surface area contributed by atoms with Gasteiger partial charge >= 0.3 is 0 Å². The fraction of sp³-hybridized carbons (Fsp3) is 0.611. The first kappa shape index (κ1) is 16.1. The number of carbonyl (C=O) groups excluding carboxylic acids is 1. The molecule has 2 fully saturated rings. The number of rotatable bonds is 5. The molecule has 0 bridgehead atoms. The number of nitrogens with zero attached hydrogens (tertiary/aromatic N) is 1. The molecule has 5 heteroatoms. The number of hydrogen-bond donors (Lipinski definition) is 1. The minimum Gasteiger partial charge on any atom is -0.493 e. The van der Waals surface area contributed by atoms with Crippen LogP contribution in [0.3, 0.4) is 0 Å². The quantitative estimate of drug-likeness (QED) is 0.903.